The second-order valence-electron chi connectivity index (χ2n) is 6.86. The van der Waals surface area contributed by atoms with Crippen LogP contribution in [0.25, 0.3) is 0 Å². The van der Waals surface area contributed by atoms with Crippen molar-refractivity contribution in [2.75, 3.05) is 0 Å². The second-order valence-corrected chi connectivity index (χ2v) is 7.64. The molecule has 3 aliphatic carbocycles. The van der Waals surface area contributed by atoms with Crippen molar-refractivity contribution in [2.45, 2.75) is 62.1 Å². The van der Waals surface area contributed by atoms with E-state index in [4.69, 9.17) is 0 Å². The molecule has 3 aliphatic rings. The van der Waals surface area contributed by atoms with Gasteiger partial charge in [0, 0.05) is 12.0 Å². The van der Waals surface area contributed by atoms with Gasteiger partial charge in [-0.05, 0) is 60.9 Å². The van der Waals surface area contributed by atoms with Crippen LogP contribution in [-0.4, -0.2) is 20.9 Å². The van der Waals surface area contributed by atoms with Gasteiger partial charge in [-0.25, -0.2) is 4.39 Å². The zero-order valence-electron chi connectivity index (χ0n) is 11.8. The SMILES string of the molecule is FC1CC(c2ccsc2)(c2nnc(C3CC3)n2C2CC2)C1. The zero-order chi connectivity index (χ0) is 14.0. The maximum absolute atomic E-state index is 13.8. The quantitative estimate of drug-likeness (QED) is 0.855. The van der Waals surface area contributed by atoms with Crippen LogP contribution < -0.4 is 0 Å². The maximum Gasteiger partial charge on any atom is 0.144 e. The molecule has 5 heteroatoms. The first-order valence-electron chi connectivity index (χ1n) is 7.90. The highest BCUT2D eigenvalue weighted by Gasteiger charge is 2.53. The lowest BCUT2D eigenvalue weighted by Crippen LogP contribution is -2.45. The summed E-state index contributed by atoms with van der Waals surface area (Å²) in [6.45, 7) is 0. The lowest BCUT2D eigenvalue weighted by atomic mass is 9.63. The Balaban J connectivity index is 1.65. The largest absolute Gasteiger partial charge is 0.311 e. The highest BCUT2D eigenvalue weighted by molar-refractivity contribution is 7.08. The number of hydrogen-bond acceptors (Lipinski definition) is 3. The molecule has 0 aromatic carbocycles. The van der Waals surface area contributed by atoms with E-state index in [1.165, 1.54) is 37.1 Å². The van der Waals surface area contributed by atoms with Crippen molar-refractivity contribution >= 4 is 11.3 Å². The van der Waals surface area contributed by atoms with Crippen molar-refractivity contribution in [1.82, 2.24) is 14.8 Å². The molecule has 0 N–H and O–H groups in total. The minimum Gasteiger partial charge on any atom is -0.311 e. The molecule has 0 aliphatic heterocycles. The van der Waals surface area contributed by atoms with Crippen molar-refractivity contribution in [1.29, 1.82) is 0 Å². The van der Waals surface area contributed by atoms with E-state index in [2.05, 4.69) is 31.6 Å². The van der Waals surface area contributed by atoms with Crippen LogP contribution in [0.5, 0.6) is 0 Å². The van der Waals surface area contributed by atoms with E-state index in [0.717, 1.165) is 5.82 Å². The molecule has 110 valence electrons. The fourth-order valence-corrected chi connectivity index (χ4v) is 4.48. The molecule has 2 aromatic heterocycles. The lowest BCUT2D eigenvalue weighted by Gasteiger charge is -2.43. The van der Waals surface area contributed by atoms with Crippen LogP contribution in [0.4, 0.5) is 4.39 Å². The van der Waals surface area contributed by atoms with Crippen molar-refractivity contribution in [3.63, 3.8) is 0 Å². The third-order valence-electron chi connectivity index (χ3n) is 5.22. The molecule has 2 aromatic rings. The Morgan fingerprint density at radius 1 is 1.19 bits per heavy atom. The van der Waals surface area contributed by atoms with Gasteiger partial charge in [-0.3, -0.25) is 0 Å². The van der Waals surface area contributed by atoms with Crippen molar-refractivity contribution in [2.24, 2.45) is 0 Å². The van der Waals surface area contributed by atoms with Crippen molar-refractivity contribution < 1.29 is 4.39 Å². The van der Waals surface area contributed by atoms with E-state index in [1.807, 2.05) is 0 Å². The van der Waals surface area contributed by atoms with Crippen LogP contribution in [0.3, 0.4) is 0 Å². The lowest BCUT2D eigenvalue weighted by molar-refractivity contribution is 0.113. The van der Waals surface area contributed by atoms with E-state index in [0.29, 0.717) is 24.8 Å². The Hall–Kier alpha value is -1.23. The number of aromatic nitrogens is 3. The van der Waals surface area contributed by atoms with Gasteiger partial charge < -0.3 is 4.57 Å². The summed E-state index contributed by atoms with van der Waals surface area (Å²) in [5.74, 6) is 2.82. The first-order chi connectivity index (χ1) is 10.3. The summed E-state index contributed by atoms with van der Waals surface area (Å²) in [4.78, 5) is 0. The zero-order valence-corrected chi connectivity index (χ0v) is 12.7. The summed E-state index contributed by atoms with van der Waals surface area (Å²) in [5.41, 5.74) is 1.01. The maximum atomic E-state index is 13.8. The van der Waals surface area contributed by atoms with Gasteiger partial charge >= 0.3 is 0 Å². The molecule has 3 nitrogen and oxygen atoms in total. The highest BCUT2D eigenvalue weighted by atomic mass is 32.1. The smallest absolute Gasteiger partial charge is 0.144 e. The van der Waals surface area contributed by atoms with Crippen LogP contribution in [0.2, 0.25) is 0 Å². The fraction of sp³-hybridized carbons (Fsp3) is 0.625. The Kier molecular flexibility index (Phi) is 2.44. The molecule has 0 spiro atoms. The van der Waals surface area contributed by atoms with E-state index in [1.54, 1.807) is 11.3 Å². The van der Waals surface area contributed by atoms with Crippen LogP contribution in [-0.2, 0) is 5.41 Å². The molecule has 3 saturated carbocycles. The van der Waals surface area contributed by atoms with E-state index >= 15 is 0 Å². The Bertz CT molecular complexity index is 664. The van der Waals surface area contributed by atoms with Gasteiger partial charge in [0.2, 0.25) is 0 Å². The van der Waals surface area contributed by atoms with Crippen LogP contribution in [0, 0.1) is 0 Å². The number of nitrogens with zero attached hydrogens (tertiary/aromatic N) is 3. The Morgan fingerprint density at radius 3 is 2.57 bits per heavy atom. The normalized spacial score (nSPS) is 32.1. The van der Waals surface area contributed by atoms with Gasteiger partial charge in [-0.15, -0.1) is 10.2 Å². The monoisotopic (exact) mass is 303 g/mol. The summed E-state index contributed by atoms with van der Waals surface area (Å²) >= 11 is 1.69. The third kappa shape index (κ3) is 1.76. The Morgan fingerprint density at radius 2 is 2.00 bits per heavy atom. The summed E-state index contributed by atoms with van der Waals surface area (Å²) < 4.78 is 16.2. The van der Waals surface area contributed by atoms with Gasteiger partial charge in [0.15, 0.2) is 0 Å². The molecule has 0 radical (unpaired) electrons. The van der Waals surface area contributed by atoms with Crippen LogP contribution >= 0.6 is 11.3 Å². The molecule has 21 heavy (non-hydrogen) atoms. The second kappa shape index (κ2) is 4.15. The van der Waals surface area contributed by atoms with E-state index in [9.17, 15) is 4.39 Å². The molecule has 3 fully saturated rings. The van der Waals surface area contributed by atoms with E-state index < -0.39 is 6.17 Å². The fourth-order valence-electron chi connectivity index (χ4n) is 3.72. The minimum atomic E-state index is -0.696. The summed E-state index contributed by atoms with van der Waals surface area (Å²) in [6, 6.07) is 2.71. The highest BCUT2D eigenvalue weighted by Crippen LogP contribution is 2.54. The van der Waals surface area contributed by atoms with Gasteiger partial charge in [0.1, 0.15) is 17.8 Å². The number of hydrogen-bond donors (Lipinski definition) is 0. The summed E-state index contributed by atoms with van der Waals surface area (Å²) in [5, 5.41) is 13.3. The first kappa shape index (κ1) is 12.3. The van der Waals surface area contributed by atoms with Crippen LogP contribution in [0.15, 0.2) is 16.8 Å². The molecule has 5 rings (SSSR count). The van der Waals surface area contributed by atoms with Gasteiger partial charge in [0.25, 0.3) is 0 Å². The topological polar surface area (TPSA) is 30.7 Å². The molecule has 0 saturated heterocycles. The number of halogens is 1. The molecular formula is C16H18FN3S. The number of rotatable bonds is 4. The average Bonchev–Trinajstić information content (AvgIpc) is 3.37. The van der Waals surface area contributed by atoms with E-state index in [-0.39, 0.29) is 5.41 Å². The van der Waals surface area contributed by atoms with Gasteiger partial charge in [-0.2, -0.15) is 11.3 Å². The first-order valence-corrected chi connectivity index (χ1v) is 8.84. The summed E-state index contributed by atoms with van der Waals surface area (Å²) in [7, 11) is 0. The summed E-state index contributed by atoms with van der Waals surface area (Å²) in [6.07, 6.45) is 5.37. The standard InChI is InChI=1S/C16H18FN3S/c17-12-7-16(8-12,11-5-6-21-9-11)15-19-18-14(10-1-2-10)20(15)13-3-4-13/h5-6,9-10,12-13H,1-4,7-8H2. The predicted molar refractivity (Wildman–Crippen MR) is 79.5 cm³/mol. The molecule has 0 unspecified atom stereocenters. The number of alkyl halides is 1. The van der Waals surface area contributed by atoms with Gasteiger partial charge in [-0.1, -0.05) is 0 Å². The molecule has 0 bridgehead atoms. The predicted octanol–water partition coefficient (Wildman–Crippen LogP) is 3.97. The van der Waals surface area contributed by atoms with Crippen molar-refractivity contribution in [3.05, 3.63) is 34.0 Å². The molecular weight excluding hydrogens is 285 g/mol. The molecule has 0 amide bonds. The van der Waals surface area contributed by atoms with Crippen LogP contribution in [0.1, 0.15) is 67.7 Å². The minimum absolute atomic E-state index is 0.220. The van der Waals surface area contributed by atoms with Crippen molar-refractivity contribution in [3.8, 4) is 0 Å². The Labute approximate surface area is 127 Å². The third-order valence-corrected chi connectivity index (χ3v) is 5.90. The molecule has 2 heterocycles. The number of thiophene rings is 1. The average molecular weight is 303 g/mol. The molecule has 0 atom stereocenters. The van der Waals surface area contributed by atoms with Gasteiger partial charge in [0.05, 0.1) is 5.41 Å².